The van der Waals surface area contributed by atoms with E-state index < -0.39 is 5.60 Å². The molecule has 0 saturated carbocycles. The van der Waals surface area contributed by atoms with Gasteiger partial charge in [-0.2, -0.15) is 0 Å². The molecular weight excluding hydrogens is 368 g/mol. The Balaban J connectivity index is 0.00000261. The van der Waals surface area contributed by atoms with Gasteiger partial charge in [-0.3, -0.25) is 4.79 Å². The lowest BCUT2D eigenvalue weighted by atomic mass is 9.91. The van der Waals surface area contributed by atoms with E-state index in [0.29, 0.717) is 25.4 Å². The van der Waals surface area contributed by atoms with Crippen LogP contribution in [-0.2, 0) is 14.3 Å². The van der Waals surface area contributed by atoms with Gasteiger partial charge < -0.3 is 24.8 Å². The summed E-state index contributed by atoms with van der Waals surface area (Å²) in [4.78, 5) is 12.8. The predicted molar refractivity (Wildman–Crippen MR) is 108 cm³/mol. The molecule has 7 heteroatoms. The molecule has 0 bridgehead atoms. The average Bonchev–Trinajstić information content (AvgIpc) is 2.69. The summed E-state index contributed by atoms with van der Waals surface area (Å²) in [6.45, 7) is 5.92. The van der Waals surface area contributed by atoms with E-state index >= 15 is 0 Å². The molecule has 152 valence electrons. The zero-order valence-electron chi connectivity index (χ0n) is 16.2. The molecule has 0 unspecified atom stereocenters. The molecule has 0 spiro atoms. The third-order valence-electron chi connectivity index (χ3n) is 5.48. The molecule has 2 aliphatic rings. The number of rotatable bonds is 6. The van der Waals surface area contributed by atoms with Crippen molar-refractivity contribution in [3.63, 3.8) is 0 Å². The largest absolute Gasteiger partial charge is 0.493 e. The molecule has 0 atom stereocenters. The van der Waals surface area contributed by atoms with Gasteiger partial charge in [-0.05, 0) is 63.2 Å². The van der Waals surface area contributed by atoms with Crippen LogP contribution in [0.5, 0.6) is 5.75 Å². The Labute approximate surface area is 167 Å². The molecule has 0 radical (unpaired) electrons. The van der Waals surface area contributed by atoms with Gasteiger partial charge in [0, 0.05) is 32.1 Å². The predicted octanol–water partition coefficient (Wildman–Crippen LogP) is 2.93. The van der Waals surface area contributed by atoms with Gasteiger partial charge in [0.2, 0.25) is 0 Å². The molecule has 2 heterocycles. The number of methoxy groups -OCH3 is 1. The molecule has 2 fully saturated rings. The highest BCUT2D eigenvalue weighted by molar-refractivity contribution is 5.97. The van der Waals surface area contributed by atoms with Crippen LogP contribution in [0.3, 0.4) is 0 Å². The molecule has 0 aromatic heterocycles. The number of amides is 1. The third kappa shape index (κ3) is 5.57. The molecule has 3 rings (SSSR count). The van der Waals surface area contributed by atoms with Crippen molar-refractivity contribution in [3.8, 4) is 5.75 Å². The molecule has 2 aliphatic heterocycles. The molecule has 27 heavy (non-hydrogen) atoms. The van der Waals surface area contributed by atoms with Crippen LogP contribution in [0, 0.1) is 12.8 Å². The number of hydrogen-bond donors (Lipinski definition) is 2. The fraction of sp³-hybridized carbons (Fsp3) is 0.650. The van der Waals surface area contributed by atoms with Crippen LogP contribution < -0.4 is 15.4 Å². The minimum atomic E-state index is -0.751. The first kappa shape index (κ1) is 22.0. The maximum atomic E-state index is 12.8. The van der Waals surface area contributed by atoms with Crippen molar-refractivity contribution in [2.45, 2.75) is 38.2 Å². The maximum Gasteiger partial charge on any atom is 0.256 e. The van der Waals surface area contributed by atoms with Gasteiger partial charge in [0.05, 0.1) is 6.61 Å². The Morgan fingerprint density at radius 1 is 1.30 bits per heavy atom. The van der Waals surface area contributed by atoms with Crippen LogP contribution >= 0.6 is 12.4 Å². The first-order valence-electron chi connectivity index (χ1n) is 9.51. The van der Waals surface area contributed by atoms with Crippen LogP contribution in [0.15, 0.2) is 18.2 Å². The van der Waals surface area contributed by atoms with Crippen LogP contribution in [0.4, 0.5) is 5.69 Å². The fourth-order valence-corrected chi connectivity index (χ4v) is 3.55. The highest BCUT2D eigenvalue weighted by Crippen LogP contribution is 2.28. The van der Waals surface area contributed by atoms with Crippen molar-refractivity contribution in [2.75, 3.05) is 45.3 Å². The summed E-state index contributed by atoms with van der Waals surface area (Å²) in [6, 6.07) is 5.81. The second-order valence-electron chi connectivity index (χ2n) is 7.25. The van der Waals surface area contributed by atoms with Crippen LogP contribution in [0.1, 0.15) is 31.2 Å². The van der Waals surface area contributed by atoms with Gasteiger partial charge in [-0.1, -0.05) is 6.07 Å². The number of halogens is 1. The topological polar surface area (TPSA) is 68.8 Å². The van der Waals surface area contributed by atoms with Gasteiger partial charge in [-0.15, -0.1) is 12.4 Å². The second-order valence-corrected chi connectivity index (χ2v) is 7.25. The van der Waals surface area contributed by atoms with E-state index in [0.717, 1.165) is 56.1 Å². The van der Waals surface area contributed by atoms with E-state index in [1.165, 1.54) is 0 Å². The molecule has 2 saturated heterocycles. The Bertz CT molecular complexity index is 614. The maximum absolute atomic E-state index is 12.8. The third-order valence-corrected chi connectivity index (χ3v) is 5.48. The molecule has 0 aliphatic carbocycles. The SMILES string of the molecule is COC1(C(=O)Nc2ccc(C)c(OCC3CCOCC3)c2)CCNCC1.Cl. The summed E-state index contributed by atoms with van der Waals surface area (Å²) < 4.78 is 17.0. The number of carbonyl (C=O) groups is 1. The fourth-order valence-electron chi connectivity index (χ4n) is 3.55. The van der Waals surface area contributed by atoms with Gasteiger partial charge in [0.15, 0.2) is 0 Å². The number of aryl methyl sites for hydroxylation is 1. The molecule has 2 N–H and O–H groups in total. The lowest BCUT2D eigenvalue weighted by Crippen LogP contribution is -2.51. The first-order valence-corrected chi connectivity index (χ1v) is 9.51. The highest BCUT2D eigenvalue weighted by Gasteiger charge is 2.39. The van der Waals surface area contributed by atoms with E-state index in [1.807, 2.05) is 25.1 Å². The zero-order chi connectivity index (χ0) is 18.4. The number of ether oxygens (including phenoxy) is 3. The molecule has 1 aromatic carbocycles. The number of nitrogens with one attached hydrogen (secondary N) is 2. The lowest BCUT2D eigenvalue weighted by molar-refractivity contribution is -0.140. The summed E-state index contributed by atoms with van der Waals surface area (Å²) in [5.74, 6) is 1.28. The second kappa shape index (κ2) is 10.3. The summed E-state index contributed by atoms with van der Waals surface area (Å²) in [7, 11) is 1.61. The van der Waals surface area contributed by atoms with E-state index in [2.05, 4.69) is 10.6 Å². The smallest absolute Gasteiger partial charge is 0.256 e. The summed E-state index contributed by atoms with van der Waals surface area (Å²) >= 11 is 0. The Morgan fingerprint density at radius 3 is 2.67 bits per heavy atom. The molecule has 6 nitrogen and oxygen atoms in total. The van der Waals surface area contributed by atoms with Crippen molar-refractivity contribution >= 4 is 24.0 Å². The minimum absolute atomic E-state index is 0. The van der Waals surface area contributed by atoms with E-state index in [4.69, 9.17) is 14.2 Å². The summed E-state index contributed by atoms with van der Waals surface area (Å²) in [5, 5.41) is 6.29. The van der Waals surface area contributed by atoms with Crippen LogP contribution in [0.25, 0.3) is 0 Å². The number of anilines is 1. The van der Waals surface area contributed by atoms with Crippen molar-refractivity contribution in [1.29, 1.82) is 0 Å². The van der Waals surface area contributed by atoms with Gasteiger partial charge in [0.1, 0.15) is 11.4 Å². The molecule has 1 amide bonds. The molecule has 1 aromatic rings. The van der Waals surface area contributed by atoms with E-state index in [9.17, 15) is 4.79 Å². The summed E-state index contributed by atoms with van der Waals surface area (Å²) in [5.41, 5.74) is 1.06. The highest BCUT2D eigenvalue weighted by atomic mass is 35.5. The van der Waals surface area contributed by atoms with Crippen molar-refractivity contribution in [3.05, 3.63) is 23.8 Å². The minimum Gasteiger partial charge on any atom is -0.493 e. The van der Waals surface area contributed by atoms with Gasteiger partial charge in [0.25, 0.3) is 5.91 Å². The van der Waals surface area contributed by atoms with Crippen LogP contribution in [-0.4, -0.2) is 51.5 Å². The van der Waals surface area contributed by atoms with Crippen LogP contribution in [0.2, 0.25) is 0 Å². The number of piperidine rings is 1. The number of hydrogen-bond acceptors (Lipinski definition) is 5. The number of carbonyl (C=O) groups excluding carboxylic acids is 1. The van der Waals surface area contributed by atoms with Crippen molar-refractivity contribution in [1.82, 2.24) is 5.32 Å². The van der Waals surface area contributed by atoms with E-state index in [-0.39, 0.29) is 18.3 Å². The lowest BCUT2D eigenvalue weighted by Gasteiger charge is -2.34. The standard InChI is InChI=1S/C20H30N2O4.ClH/c1-15-3-4-17(13-18(15)26-14-16-5-11-25-12-6-16)22-19(23)20(24-2)7-9-21-10-8-20;/h3-4,13,16,21H,5-12,14H2,1-2H3,(H,22,23);1H. The molecular formula is C20H31ClN2O4. The first-order chi connectivity index (χ1) is 12.6. The Kier molecular flexibility index (Phi) is 8.35. The van der Waals surface area contributed by atoms with Gasteiger partial charge >= 0.3 is 0 Å². The Hall–Kier alpha value is -1.34. The number of benzene rings is 1. The van der Waals surface area contributed by atoms with E-state index in [1.54, 1.807) is 7.11 Å². The monoisotopic (exact) mass is 398 g/mol. The Morgan fingerprint density at radius 2 is 2.00 bits per heavy atom. The van der Waals surface area contributed by atoms with Gasteiger partial charge in [-0.25, -0.2) is 0 Å². The zero-order valence-corrected chi connectivity index (χ0v) is 17.0. The summed E-state index contributed by atoms with van der Waals surface area (Å²) in [6.07, 6.45) is 3.43. The normalized spacial score (nSPS) is 19.8. The quantitative estimate of drug-likeness (QED) is 0.771. The average molecular weight is 399 g/mol. The van der Waals surface area contributed by atoms with Crippen molar-refractivity contribution < 1.29 is 19.0 Å². The van der Waals surface area contributed by atoms with Crippen molar-refractivity contribution in [2.24, 2.45) is 5.92 Å².